The summed E-state index contributed by atoms with van der Waals surface area (Å²) in [5.74, 6) is 0.106. The molecule has 0 radical (unpaired) electrons. The zero-order valence-corrected chi connectivity index (χ0v) is 13.5. The lowest BCUT2D eigenvalue weighted by molar-refractivity contribution is 0.513. The van der Waals surface area contributed by atoms with Crippen molar-refractivity contribution in [1.29, 1.82) is 0 Å². The maximum Gasteiger partial charge on any atom is 0.214 e. The minimum absolute atomic E-state index is 0.105. The summed E-state index contributed by atoms with van der Waals surface area (Å²) in [5, 5.41) is 5.70. The monoisotopic (exact) mass is 306 g/mol. The maximum atomic E-state index is 11.7. The van der Waals surface area contributed by atoms with Crippen molar-refractivity contribution in [1.82, 2.24) is 9.62 Å². The van der Waals surface area contributed by atoms with Gasteiger partial charge in [0.25, 0.3) is 0 Å². The van der Waals surface area contributed by atoms with Crippen LogP contribution in [0.1, 0.15) is 18.5 Å². The van der Waals surface area contributed by atoms with Crippen LogP contribution in [0.2, 0.25) is 0 Å². The molecule has 4 nitrogen and oxygen atoms in total. The normalized spacial score (nSPS) is 13.7. The molecule has 5 heteroatoms. The van der Waals surface area contributed by atoms with Crippen LogP contribution in [-0.2, 0) is 10.0 Å². The lowest BCUT2D eigenvalue weighted by Gasteiger charge is -2.17. The average molecular weight is 306 g/mol. The van der Waals surface area contributed by atoms with Gasteiger partial charge in [-0.25, -0.2) is 12.7 Å². The molecular formula is C16H22N2O2S. The van der Waals surface area contributed by atoms with Gasteiger partial charge in [0.05, 0.1) is 5.75 Å². The molecule has 0 amide bonds. The number of sulfonamides is 1. The smallest absolute Gasteiger partial charge is 0.214 e. The van der Waals surface area contributed by atoms with Crippen molar-refractivity contribution in [2.24, 2.45) is 0 Å². The van der Waals surface area contributed by atoms with Crippen LogP contribution in [0, 0.1) is 0 Å². The van der Waals surface area contributed by atoms with Gasteiger partial charge in [-0.3, -0.25) is 0 Å². The second kappa shape index (κ2) is 6.56. The molecule has 1 N–H and O–H groups in total. The molecule has 114 valence electrons. The predicted molar refractivity (Wildman–Crippen MR) is 87.8 cm³/mol. The Bertz CT molecular complexity index is 706. The molecule has 2 rings (SSSR count). The van der Waals surface area contributed by atoms with E-state index in [9.17, 15) is 8.42 Å². The fraction of sp³-hybridized carbons (Fsp3) is 0.375. The Balaban J connectivity index is 2.08. The molecule has 0 fully saturated rings. The number of nitrogens with zero attached hydrogens (tertiary/aromatic N) is 1. The molecule has 2 aromatic rings. The number of nitrogens with one attached hydrogen (secondary N) is 1. The zero-order chi connectivity index (χ0) is 15.5. The lowest BCUT2D eigenvalue weighted by Crippen LogP contribution is -2.32. The van der Waals surface area contributed by atoms with Crippen LogP contribution in [0.25, 0.3) is 10.8 Å². The quantitative estimate of drug-likeness (QED) is 0.891. The van der Waals surface area contributed by atoms with Crippen molar-refractivity contribution in [2.45, 2.75) is 13.0 Å². The van der Waals surface area contributed by atoms with Crippen molar-refractivity contribution in [3.8, 4) is 0 Å². The molecule has 0 aliphatic heterocycles. The number of fused-ring (bicyclic) bond motifs is 1. The van der Waals surface area contributed by atoms with E-state index in [1.54, 1.807) is 14.1 Å². The Morgan fingerprint density at radius 1 is 1.10 bits per heavy atom. The molecule has 0 spiro atoms. The highest BCUT2D eigenvalue weighted by Crippen LogP contribution is 2.23. The summed E-state index contributed by atoms with van der Waals surface area (Å²) in [7, 11) is -0.0297. The summed E-state index contributed by atoms with van der Waals surface area (Å²) in [4.78, 5) is 0. The average Bonchev–Trinajstić information content (AvgIpc) is 2.46. The molecule has 1 atom stereocenters. The van der Waals surface area contributed by atoms with Gasteiger partial charge in [0.2, 0.25) is 10.0 Å². The summed E-state index contributed by atoms with van der Waals surface area (Å²) < 4.78 is 24.8. The Morgan fingerprint density at radius 3 is 2.48 bits per heavy atom. The molecule has 2 aromatic carbocycles. The second-order valence-electron chi connectivity index (χ2n) is 5.34. The highest BCUT2D eigenvalue weighted by Gasteiger charge is 2.14. The third-order valence-electron chi connectivity index (χ3n) is 3.66. The topological polar surface area (TPSA) is 49.4 Å². The zero-order valence-electron chi connectivity index (χ0n) is 12.7. The SMILES string of the molecule is CC(NCCS(=O)(=O)N(C)C)c1cccc2ccccc12. The van der Waals surface area contributed by atoms with Crippen LogP contribution in [0.15, 0.2) is 42.5 Å². The maximum absolute atomic E-state index is 11.7. The minimum atomic E-state index is -3.15. The van der Waals surface area contributed by atoms with E-state index in [1.807, 2.05) is 18.2 Å². The number of rotatable bonds is 6. The minimum Gasteiger partial charge on any atom is -0.309 e. The van der Waals surface area contributed by atoms with Crippen molar-refractivity contribution < 1.29 is 8.42 Å². The first kappa shape index (κ1) is 15.9. The summed E-state index contributed by atoms with van der Waals surface area (Å²) >= 11 is 0. The Labute approximate surface area is 126 Å². The standard InChI is InChI=1S/C16H22N2O2S/c1-13(17-11-12-21(19,20)18(2)3)15-10-6-8-14-7-4-5-9-16(14)15/h4-10,13,17H,11-12H2,1-3H3. The fourth-order valence-electron chi connectivity index (χ4n) is 2.32. The largest absolute Gasteiger partial charge is 0.309 e. The Morgan fingerprint density at radius 2 is 1.76 bits per heavy atom. The van der Waals surface area contributed by atoms with E-state index in [4.69, 9.17) is 0 Å². The van der Waals surface area contributed by atoms with Gasteiger partial charge in [-0.2, -0.15) is 0 Å². The second-order valence-corrected chi connectivity index (χ2v) is 7.64. The highest BCUT2D eigenvalue weighted by molar-refractivity contribution is 7.89. The van der Waals surface area contributed by atoms with Gasteiger partial charge in [0, 0.05) is 26.7 Å². The van der Waals surface area contributed by atoms with Crippen molar-refractivity contribution in [3.63, 3.8) is 0 Å². The molecule has 21 heavy (non-hydrogen) atoms. The molecule has 0 saturated heterocycles. The van der Waals surface area contributed by atoms with Crippen LogP contribution in [0.5, 0.6) is 0 Å². The van der Waals surface area contributed by atoms with E-state index < -0.39 is 10.0 Å². The van der Waals surface area contributed by atoms with Crippen molar-refractivity contribution in [2.75, 3.05) is 26.4 Å². The van der Waals surface area contributed by atoms with Crippen LogP contribution >= 0.6 is 0 Å². The Hall–Kier alpha value is -1.43. The van der Waals surface area contributed by atoms with E-state index in [0.29, 0.717) is 6.54 Å². The first-order valence-electron chi connectivity index (χ1n) is 7.03. The van der Waals surface area contributed by atoms with Gasteiger partial charge >= 0.3 is 0 Å². The summed E-state index contributed by atoms with van der Waals surface area (Å²) in [5.41, 5.74) is 1.19. The van der Waals surface area contributed by atoms with Crippen LogP contribution < -0.4 is 5.32 Å². The van der Waals surface area contributed by atoms with Crippen LogP contribution in [0.4, 0.5) is 0 Å². The van der Waals surface area contributed by atoms with E-state index >= 15 is 0 Å². The first-order chi connectivity index (χ1) is 9.92. The number of hydrogen-bond acceptors (Lipinski definition) is 3. The first-order valence-corrected chi connectivity index (χ1v) is 8.64. The molecule has 0 aromatic heterocycles. The van der Waals surface area contributed by atoms with E-state index in [0.717, 1.165) is 0 Å². The van der Waals surface area contributed by atoms with Gasteiger partial charge in [0.1, 0.15) is 0 Å². The molecular weight excluding hydrogens is 284 g/mol. The number of hydrogen-bond donors (Lipinski definition) is 1. The number of benzene rings is 2. The summed E-state index contributed by atoms with van der Waals surface area (Å²) in [6.45, 7) is 2.49. The lowest BCUT2D eigenvalue weighted by atomic mass is 10.00. The van der Waals surface area contributed by atoms with E-state index in [-0.39, 0.29) is 11.8 Å². The van der Waals surface area contributed by atoms with E-state index in [2.05, 4.69) is 36.5 Å². The summed E-state index contributed by atoms with van der Waals surface area (Å²) in [6.07, 6.45) is 0. The summed E-state index contributed by atoms with van der Waals surface area (Å²) in [6, 6.07) is 14.5. The Kier molecular flexibility index (Phi) is 4.98. The van der Waals surface area contributed by atoms with Gasteiger partial charge in [0.15, 0.2) is 0 Å². The van der Waals surface area contributed by atoms with Crippen molar-refractivity contribution >= 4 is 20.8 Å². The predicted octanol–water partition coefficient (Wildman–Crippen LogP) is 2.38. The molecule has 0 bridgehead atoms. The fourth-order valence-corrected chi connectivity index (χ4v) is 3.07. The molecule has 0 saturated carbocycles. The molecule has 1 unspecified atom stereocenters. The highest BCUT2D eigenvalue weighted by atomic mass is 32.2. The molecule has 0 aliphatic carbocycles. The van der Waals surface area contributed by atoms with Crippen LogP contribution in [0.3, 0.4) is 0 Å². The van der Waals surface area contributed by atoms with E-state index in [1.165, 1.54) is 20.6 Å². The van der Waals surface area contributed by atoms with Gasteiger partial charge in [-0.05, 0) is 23.3 Å². The van der Waals surface area contributed by atoms with Gasteiger partial charge in [-0.15, -0.1) is 0 Å². The van der Waals surface area contributed by atoms with Crippen LogP contribution in [-0.4, -0.2) is 39.1 Å². The van der Waals surface area contributed by atoms with Gasteiger partial charge < -0.3 is 5.32 Å². The third kappa shape index (κ3) is 3.81. The molecule has 0 heterocycles. The van der Waals surface area contributed by atoms with Gasteiger partial charge in [-0.1, -0.05) is 42.5 Å². The van der Waals surface area contributed by atoms with Crippen molar-refractivity contribution in [3.05, 3.63) is 48.0 Å². The molecule has 0 aliphatic rings. The third-order valence-corrected chi connectivity index (χ3v) is 5.49.